The quantitative estimate of drug-likeness (QED) is 0.884. The molecule has 0 atom stereocenters. The van der Waals surface area contributed by atoms with E-state index in [0.29, 0.717) is 5.69 Å². The van der Waals surface area contributed by atoms with Crippen LogP contribution in [0.25, 0.3) is 11.4 Å². The second-order valence-electron chi connectivity index (χ2n) is 4.02. The van der Waals surface area contributed by atoms with E-state index in [-0.39, 0.29) is 24.7 Å². The zero-order valence-electron chi connectivity index (χ0n) is 10.6. The van der Waals surface area contributed by atoms with Crippen LogP contribution in [0.3, 0.4) is 0 Å². The van der Waals surface area contributed by atoms with Crippen LogP contribution >= 0.6 is 0 Å². The summed E-state index contributed by atoms with van der Waals surface area (Å²) in [5, 5.41) is 6.56. The average Bonchev–Trinajstić information content (AvgIpc) is 2.81. The van der Waals surface area contributed by atoms with Crippen LogP contribution in [0.2, 0.25) is 0 Å². The van der Waals surface area contributed by atoms with Crippen LogP contribution in [0.4, 0.5) is 19.1 Å². The van der Waals surface area contributed by atoms with E-state index in [1.807, 2.05) is 0 Å². The Morgan fingerprint density at radius 1 is 1.35 bits per heavy atom. The second-order valence-corrected chi connectivity index (χ2v) is 4.02. The maximum absolute atomic E-state index is 12.8. The van der Waals surface area contributed by atoms with Gasteiger partial charge >= 0.3 is 6.18 Å². The lowest BCUT2D eigenvalue weighted by Crippen LogP contribution is -2.17. The van der Waals surface area contributed by atoms with E-state index < -0.39 is 11.9 Å². The highest BCUT2D eigenvalue weighted by molar-refractivity contribution is 5.56. The van der Waals surface area contributed by atoms with Crippen molar-refractivity contribution in [2.24, 2.45) is 12.8 Å². The van der Waals surface area contributed by atoms with E-state index in [0.717, 1.165) is 6.07 Å². The summed E-state index contributed by atoms with van der Waals surface area (Å²) in [6.07, 6.45) is -3.06. The van der Waals surface area contributed by atoms with Crippen LogP contribution < -0.4 is 11.1 Å². The van der Waals surface area contributed by atoms with Gasteiger partial charge in [0.1, 0.15) is 0 Å². The van der Waals surface area contributed by atoms with Gasteiger partial charge in [-0.2, -0.15) is 18.3 Å². The van der Waals surface area contributed by atoms with Crippen molar-refractivity contribution in [1.82, 2.24) is 19.7 Å². The Morgan fingerprint density at radius 3 is 2.65 bits per heavy atom. The Kier molecular flexibility index (Phi) is 3.89. The molecule has 0 unspecified atom stereocenters. The van der Waals surface area contributed by atoms with Gasteiger partial charge < -0.3 is 11.1 Å². The second kappa shape index (κ2) is 5.45. The standard InChI is InChI=1S/C11H13F3N6/c1-20-8(2-4-17-20)7-6-9(11(12,13)14)19-10(18-7)16-5-3-15/h2,4,6H,3,5,15H2,1H3,(H,16,18,19). The van der Waals surface area contributed by atoms with Crippen LogP contribution in [0.5, 0.6) is 0 Å². The third kappa shape index (κ3) is 3.05. The molecule has 0 spiro atoms. The van der Waals surface area contributed by atoms with Crippen molar-refractivity contribution in [2.45, 2.75) is 6.18 Å². The molecule has 2 aromatic heterocycles. The molecule has 0 radical (unpaired) electrons. The summed E-state index contributed by atoms with van der Waals surface area (Å²) in [5.41, 5.74) is 4.90. The third-order valence-electron chi connectivity index (χ3n) is 2.53. The van der Waals surface area contributed by atoms with Crippen molar-refractivity contribution < 1.29 is 13.2 Å². The summed E-state index contributed by atoms with van der Waals surface area (Å²) in [6.45, 7) is 0.548. The van der Waals surface area contributed by atoms with E-state index in [2.05, 4.69) is 20.4 Å². The molecule has 2 aromatic rings. The van der Waals surface area contributed by atoms with Crippen molar-refractivity contribution in [3.8, 4) is 11.4 Å². The SMILES string of the molecule is Cn1nccc1-c1cc(C(F)(F)F)nc(NCCN)n1. The fraction of sp³-hybridized carbons (Fsp3) is 0.364. The maximum atomic E-state index is 12.8. The Labute approximate surface area is 112 Å². The monoisotopic (exact) mass is 286 g/mol. The van der Waals surface area contributed by atoms with Crippen molar-refractivity contribution in [2.75, 3.05) is 18.4 Å². The summed E-state index contributed by atoms with van der Waals surface area (Å²) in [7, 11) is 1.62. The Morgan fingerprint density at radius 2 is 2.10 bits per heavy atom. The largest absolute Gasteiger partial charge is 0.433 e. The smallest absolute Gasteiger partial charge is 0.353 e. The molecule has 0 bridgehead atoms. The van der Waals surface area contributed by atoms with Crippen LogP contribution in [0.15, 0.2) is 18.3 Å². The lowest BCUT2D eigenvalue weighted by Gasteiger charge is -2.11. The van der Waals surface area contributed by atoms with Crippen molar-refractivity contribution in [3.05, 3.63) is 24.0 Å². The fourth-order valence-electron chi connectivity index (χ4n) is 1.61. The predicted molar refractivity (Wildman–Crippen MR) is 66.8 cm³/mol. The van der Waals surface area contributed by atoms with Crippen molar-refractivity contribution in [3.63, 3.8) is 0 Å². The third-order valence-corrected chi connectivity index (χ3v) is 2.53. The van der Waals surface area contributed by atoms with E-state index >= 15 is 0 Å². The number of rotatable bonds is 4. The Bertz CT molecular complexity index is 592. The van der Waals surface area contributed by atoms with Gasteiger partial charge in [0.25, 0.3) is 0 Å². The number of nitrogens with two attached hydrogens (primary N) is 1. The lowest BCUT2D eigenvalue weighted by atomic mass is 10.2. The highest BCUT2D eigenvalue weighted by Crippen LogP contribution is 2.30. The van der Waals surface area contributed by atoms with Crippen molar-refractivity contribution >= 4 is 5.95 Å². The zero-order valence-corrected chi connectivity index (χ0v) is 10.6. The van der Waals surface area contributed by atoms with Gasteiger partial charge in [0, 0.05) is 26.3 Å². The first-order valence-corrected chi connectivity index (χ1v) is 5.80. The summed E-state index contributed by atoms with van der Waals surface area (Å²) in [5.74, 6) is -0.110. The van der Waals surface area contributed by atoms with Gasteiger partial charge in [-0.05, 0) is 12.1 Å². The highest BCUT2D eigenvalue weighted by Gasteiger charge is 2.34. The van der Waals surface area contributed by atoms with Crippen LogP contribution in [0, 0.1) is 0 Å². The first-order valence-electron chi connectivity index (χ1n) is 5.80. The molecule has 0 saturated heterocycles. The van der Waals surface area contributed by atoms with E-state index in [4.69, 9.17) is 5.73 Å². The molecule has 9 heteroatoms. The molecule has 0 aliphatic heterocycles. The number of halogens is 3. The van der Waals surface area contributed by atoms with Gasteiger partial charge in [0.15, 0.2) is 5.69 Å². The maximum Gasteiger partial charge on any atom is 0.433 e. The number of alkyl halides is 3. The fourth-order valence-corrected chi connectivity index (χ4v) is 1.61. The van der Waals surface area contributed by atoms with Crippen LogP contribution in [0.1, 0.15) is 5.69 Å². The molecule has 3 N–H and O–H groups in total. The summed E-state index contributed by atoms with van der Waals surface area (Å²) >= 11 is 0. The number of nitrogens with zero attached hydrogens (tertiary/aromatic N) is 4. The zero-order chi connectivity index (χ0) is 14.8. The molecule has 2 heterocycles. The molecular formula is C11H13F3N6. The molecule has 2 rings (SSSR count). The Hall–Kier alpha value is -2.16. The minimum Gasteiger partial charge on any atom is -0.353 e. The summed E-state index contributed by atoms with van der Waals surface area (Å²) in [4.78, 5) is 7.50. The molecular weight excluding hydrogens is 273 g/mol. The number of aromatic nitrogens is 4. The van der Waals surface area contributed by atoms with Crippen LogP contribution in [-0.2, 0) is 13.2 Å². The number of nitrogens with one attached hydrogen (secondary N) is 1. The molecule has 6 nitrogen and oxygen atoms in total. The topological polar surface area (TPSA) is 81.7 Å². The first-order chi connectivity index (χ1) is 9.41. The minimum absolute atomic E-state index is 0.110. The molecule has 20 heavy (non-hydrogen) atoms. The van der Waals surface area contributed by atoms with E-state index in [1.54, 1.807) is 13.1 Å². The van der Waals surface area contributed by atoms with Gasteiger partial charge in [-0.1, -0.05) is 0 Å². The molecule has 0 fully saturated rings. The molecule has 0 aliphatic rings. The number of hydrogen-bond acceptors (Lipinski definition) is 5. The predicted octanol–water partition coefficient (Wildman–Crippen LogP) is 1.27. The van der Waals surface area contributed by atoms with Gasteiger partial charge in [-0.3, -0.25) is 4.68 Å². The van der Waals surface area contributed by atoms with Gasteiger partial charge in [0.05, 0.1) is 11.4 Å². The van der Waals surface area contributed by atoms with Gasteiger partial charge in [-0.25, -0.2) is 9.97 Å². The Balaban J connectivity index is 2.48. The highest BCUT2D eigenvalue weighted by atomic mass is 19.4. The van der Waals surface area contributed by atoms with E-state index in [1.165, 1.54) is 10.9 Å². The summed E-state index contributed by atoms with van der Waals surface area (Å²) < 4.78 is 40.0. The minimum atomic E-state index is -4.55. The number of aryl methyl sites for hydroxylation is 1. The lowest BCUT2D eigenvalue weighted by molar-refractivity contribution is -0.141. The normalized spacial score (nSPS) is 11.7. The summed E-state index contributed by atoms with van der Waals surface area (Å²) in [6, 6.07) is 2.47. The van der Waals surface area contributed by atoms with Crippen LogP contribution in [-0.4, -0.2) is 32.8 Å². The molecule has 0 aliphatic carbocycles. The van der Waals surface area contributed by atoms with E-state index in [9.17, 15) is 13.2 Å². The molecule has 0 amide bonds. The number of hydrogen-bond donors (Lipinski definition) is 2. The number of anilines is 1. The van der Waals surface area contributed by atoms with Crippen molar-refractivity contribution in [1.29, 1.82) is 0 Å². The average molecular weight is 286 g/mol. The van der Waals surface area contributed by atoms with Gasteiger partial charge in [-0.15, -0.1) is 0 Å². The van der Waals surface area contributed by atoms with Gasteiger partial charge in [0.2, 0.25) is 5.95 Å². The molecule has 0 saturated carbocycles. The molecule has 108 valence electrons. The molecule has 0 aromatic carbocycles. The first kappa shape index (κ1) is 14.3.